The summed E-state index contributed by atoms with van der Waals surface area (Å²) in [4.78, 5) is 11.5. The minimum absolute atomic E-state index is 0. The minimum atomic E-state index is -0.489. The van der Waals surface area contributed by atoms with E-state index in [2.05, 4.69) is 29.6 Å². The number of ether oxygens (including phenoxy) is 2. The lowest BCUT2D eigenvalue weighted by atomic mass is 9.88. The highest BCUT2D eigenvalue weighted by Gasteiger charge is 2.21. The summed E-state index contributed by atoms with van der Waals surface area (Å²) < 4.78 is 10.5. The molecule has 6 heteroatoms. The van der Waals surface area contributed by atoms with Gasteiger partial charge in [0.25, 0.3) is 0 Å². The highest BCUT2D eigenvalue weighted by molar-refractivity contribution is 5.85. The van der Waals surface area contributed by atoms with Gasteiger partial charge < -0.3 is 19.9 Å². The van der Waals surface area contributed by atoms with Gasteiger partial charge in [0.15, 0.2) is 6.61 Å². The summed E-state index contributed by atoms with van der Waals surface area (Å²) in [7, 11) is 0. The normalized spacial score (nSPS) is 17.8. The number of aryl methyl sites for hydroxylation is 3. The Labute approximate surface area is 190 Å². The molecule has 4 rings (SSSR count). The SMILES string of the molecule is CCOC(=O)COc1ccc2c(c1)CC(NC[C@@H](O)c1ccc3c(c1)CCC3)CC2.Cl. The van der Waals surface area contributed by atoms with Gasteiger partial charge in [0.05, 0.1) is 12.7 Å². The zero-order chi connectivity index (χ0) is 20.9. The Kier molecular flexibility index (Phi) is 8.35. The van der Waals surface area contributed by atoms with Crippen LogP contribution in [-0.2, 0) is 35.2 Å². The smallest absolute Gasteiger partial charge is 0.344 e. The van der Waals surface area contributed by atoms with E-state index in [1.54, 1.807) is 6.92 Å². The average Bonchev–Trinajstić information content (AvgIpc) is 3.24. The Morgan fingerprint density at radius 3 is 2.71 bits per heavy atom. The second-order valence-corrected chi connectivity index (χ2v) is 8.27. The molecule has 0 saturated heterocycles. The molecule has 0 fully saturated rings. The van der Waals surface area contributed by atoms with Gasteiger partial charge in [0.1, 0.15) is 5.75 Å². The van der Waals surface area contributed by atoms with Crippen LogP contribution in [0.5, 0.6) is 5.75 Å². The number of hydrogen-bond acceptors (Lipinski definition) is 5. The third-order valence-electron chi connectivity index (χ3n) is 6.18. The summed E-state index contributed by atoms with van der Waals surface area (Å²) in [5.41, 5.74) is 6.41. The number of rotatable bonds is 8. The molecule has 5 nitrogen and oxygen atoms in total. The van der Waals surface area contributed by atoms with E-state index < -0.39 is 6.10 Å². The monoisotopic (exact) mass is 445 g/mol. The van der Waals surface area contributed by atoms with Gasteiger partial charge in [-0.3, -0.25) is 0 Å². The van der Waals surface area contributed by atoms with E-state index in [-0.39, 0.29) is 25.0 Å². The van der Waals surface area contributed by atoms with E-state index in [0.29, 0.717) is 24.9 Å². The highest BCUT2D eigenvalue weighted by Crippen LogP contribution is 2.27. The Morgan fingerprint density at radius 2 is 1.87 bits per heavy atom. The summed E-state index contributed by atoms with van der Waals surface area (Å²) in [6, 6.07) is 12.8. The molecule has 0 radical (unpaired) electrons. The van der Waals surface area contributed by atoms with Crippen LogP contribution in [-0.4, -0.2) is 36.9 Å². The number of carbonyl (C=O) groups is 1. The van der Waals surface area contributed by atoms with Gasteiger partial charge >= 0.3 is 5.97 Å². The molecule has 0 bridgehead atoms. The number of nitrogens with one attached hydrogen (secondary N) is 1. The molecule has 2 aromatic carbocycles. The summed E-state index contributed by atoms with van der Waals surface area (Å²) in [6.07, 6.45) is 5.97. The molecule has 2 aliphatic rings. The molecular weight excluding hydrogens is 414 g/mol. The molecule has 0 amide bonds. The van der Waals surface area contributed by atoms with Crippen LogP contribution in [0.1, 0.15) is 53.7 Å². The largest absolute Gasteiger partial charge is 0.482 e. The van der Waals surface area contributed by atoms with Crippen LogP contribution in [0.2, 0.25) is 0 Å². The fourth-order valence-corrected chi connectivity index (χ4v) is 4.54. The van der Waals surface area contributed by atoms with E-state index in [0.717, 1.165) is 37.7 Å². The number of fused-ring (bicyclic) bond motifs is 2. The van der Waals surface area contributed by atoms with Crippen molar-refractivity contribution >= 4 is 18.4 Å². The molecular formula is C25H32ClNO4. The lowest BCUT2D eigenvalue weighted by Crippen LogP contribution is -2.37. The van der Waals surface area contributed by atoms with Crippen molar-refractivity contribution in [2.24, 2.45) is 0 Å². The van der Waals surface area contributed by atoms with E-state index in [1.807, 2.05) is 12.1 Å². The van der Waals surface area contributed by atoms with Gasteiger partial charge in [-0.2, -0.15) is 0 Å². The maximum Gasteiger partial charge on any atom is 0.344 e. The van der Waals surface area contributed by atoms with Crippen molar-refractivity contribution in [1.29, 1.82) is 0 Å². The van der Waals surface area contributed by atoms with Crippen LogP contribution in [0.4, 0.5) is 0 Å². The average molecular weight is 446 g/mol. The van der Waals surface area contributed by atoms with Crippen LogP contribution in [0.3, 0.4) is 0 Å². The maximum atomic E-state index is 11.5. The van der Waals surface area contributed by atoms with E-state index in [4.69, 9.17) is 9.47 Å². The third-order valence-corrected chi connectivity index (χ3v) is 6.18. The summed E-state index contributed by atoms with van der Waals surface area (Å²) in [6.45, 7) is 2.63. The van der Waals surface area contributed by atoms with E-state index >= 15 is 0 Å². The number of aliphatic hydroxyl groups is 1. The van der Waals surface area contributed by atoms with Crippen LogP contribution in [0.25, 0.3) is 0 Å². The number of hydrogen-bond donors (Lipinski definition) is 2. The van der Waals surface area contributed by atoms with Crippen molar-refractivity contribution < 1.29 is 19.4 Å². The fraction of sp³-hybridized carbons (Fsp3) is 0.480. The van der Waals surface area contributed by atoms with Gasteiger partial charge in [0, 0.05) is 12.6 Å². The lowest BCUT2D eigenvalue weighted by Gasteiger charge is -2.27. The highest BCUT2D eigenvalue weighted by atomic mass is 35.5. The second kappa shape index (κ2) is 11.0. The molecule has 0 saturated carbocycles. The first-order valence-electron chi connectivity index (χ1n) is 11.1. The quantitative estimate of drug-likeness (QED) is 0.606. The fourth-order valence-electron chi connectivity index (χ4n) is 4.54. The van der Waals surface area contributed by atoms with Crippen molar-refractivity contribution in [3.63, 3.8) is 0 Å². The number of halogens is 1. The van der Waals surface area contributed by atoms with Crippen molar-refractivity contribution in [2.75, 3.05) is 19.8 Å². The molecule has 2 atom stereocenters. The minimum Gasteiger partial charge on any atom is -0.482 e. The topological polar surface area (TPSA) is 67.8 Å². The zero-order valence-electron chi connectivity index (χ0n) is 18.1. The first-order valence-corrected chi connectivity index (χ1v) is 11.1. The lowest BCUT2D eigenvalue weighted by molar-refractivity contribution is -0.145. The Bertz CT molecular complexity index is 901. The van der Waals surface area contributed by atoms with Gasteiger partial charge in [-0.1, -0.05) is 24.3 Å². The first kappa shape index (κ1) is 23.6. The van der Waals surface area contributed by atoms with Crippen molar-refractivity contribution in [3.8, 4) is 5.75 Å². The number of carbonyl (C=O) groups excluding carboxylic acids is 1. The van der Waals surface area contributed by atoms with Crippen LogP contribution < -0.4 is 10.1 Å². The maximum absolute atomic E-state index is 11.5. The summed E-state index contributed by atoms with van der Waals surface area (Å²) in [5.74, 6) is 0.343. The van der Waals surface area contributed by atoms with Crippen molar-refractivity contribution in [3.05, 3.63) is 64.2 Å². The Hall–Kier alpha value is -2.08. The van der Waals surface area contributed by atoms with Crippen molar-refractivity contribution in [1.82, 2.24) is 5.32 Å². The third kappa shape index (κ3) is 6.00. The Balaban J connectivity index is 0.00000272. The standard InChI is InChI=1S/C25H31NO4.ClH/c1-2-29-25(28)16-30-23-11-9-18-8-10-22(13-21(18)14-23)26-15-24(27)20-7-6-17-4-3-5-19(17)12-20;/h6-7,9,11-12,14,22,24,26-27H,2-5,8,10,13,15-16H2,1H3;1H/t22?,24-;/m1./s1. The number of benzene rings is 2. The van der Waals surface area contributed by atoms with E-state index in [9.17, 15) is 9.90 Å². The first-order chi connectivity index (χ1) is 14.6. The van der Waals surface area contributed by atoms with Gasteiger partial charge in [-0.25, -0.2) is 4.79 Å². The predicted molar refractivity (Wildman–Crippen MR) is 123 cm³/mol. The Morgan fingerprint density at radius 1 is 1.10 bits per heavy atom. The zero-order valence-corrected chi connectivity index (χ0v) is 18.9. The molecule has 2 N–H and O–H groups in total. The molecule has 2 aliphatic carbocycles. The molecule has 2 aromatic rings. The molecule has 0 aromatic heterocycles. The predicted octanol–water partition coefficient (Wildman–Crippen LogP) is 3.72. The molecule has 0 aliphatic heterocycles. The molecule has 0 heterocycles. The van der Waals surface area contributed by atoms with E-state index in [1.165, 1.54) is 28.7 Å². The molecule has 0 spiro atoms. The van der Waals surface area contributed by atoms with Crippen LogP contribution in [0.15, 0.2) is 36.4 Å². The van der Waals surface area contributed by atoms with Crippen molar-refractivity contribution in [2.45, 2.75) is 57.6 Å². The summed E-state index contributed by atoms with van der Waals surface area (Å²) in [5, 5.41) is 14.2. The molecule has 168 valence electrons. The van der Waals surface area contributed by atoms with Crippen LogP contribution in [0, 0.1) is 0 Å². The number of aliphatic hydroxyl groups excluding tert-OH is 1. The van der Waals surface area contributed by atoms with Crippen LogP contribution >= 0.6 is 12.4 Å². The van der Waals surface area contributed by atoms with Gasteiger partial charge in [0.2, 0.25) is 0 Å². The van der Waals surface area contributed by atoms with Gasteiger partial charge in [-0.05, 0) is 85.4 Å². The molecule has 1 unspecified atom stereocenters. The summed E-state index contributed by atoms with van der Waals surface area (Å²) >= 11 is 0. The van der Waals surface area contributed by atoms with Gasteiger partial charge in [-0.15, -0.1) is 12.4 Å². The number of esters is 1. The molecule has 31 heavy (non-hydrogen) atoms. The second-order valence-electron chi connectivity index (χ2n) is 8.27.